The molecule has 7 nitrogen and oxygen atoms in total. The minimum atomic E-state index is -0.404. The lowest BCUT2D eigenvalue weighted by Crippen LogP contribution is -2.06. The zero-order valence-electron chi connectivity index (χ0n) is 27.9. The summed E-state index contributed by atoms with van der Waals surface area (Å²) in [5.74, 6) is -0.245. The Kier molecular flexibility index (Phi) is 15.4. The van der Waals surface area contributed by atoms with Gasteiger partial charge in [-0.3, -0.25) is 0 Å². The highest BCUT2D eigenvalue weighted by atomic mass is 32.1. The van der Waals surface area contributed by atoms with Crippen LogP contribution in [0.4, 0.5) is 0 Å². The molecular formula is C41H44O7S. The van der Waals surface area contributed by atoms with E-state index in [1.165, 1.54) is 15.8 Å². The number of thiophene rings is 1. The van der Waals surface area contributed by atoms with Crippen LogP contribution >= 0.6 is 11.3 Å². The molecule has 3 aromatic carbocycles. The summed E-state index contributed by atoms with van der Waals surface area (Å²) < 4.78 is 21.3. The van der Waals surface area contributed by atoms with E-state index in [4.69, 9.17) is 18.9 Å². The Morgan fingerprint density at radius 2 is 0.898 bits per heavy atom. The summed E-state index contributed by atoms with van der Waals surface area (Å²) in [6.07, 6.45) is 9.49. The number of benzene rings is 3. The molecule has 1 aromatic heterocycles. The Hall–Kier alpha value is -4.95. The molecule has 0 aliphatic heterocycles. The largest absolute Gasteiger partial charge is 0.494 e. The molecule has 0 aliphatic rings. The number of hydrogen-bond acceptors (Lipinski definition) is 8. The minimum Gasteiger partial charge on any atom is -0.494 e. The summed E-state index contributed by atoms with van der Waals surface area (Å²) in [6.45, 7) is 8.59. The zero-order chi connectivity index (χ0) is 34.7. The first-order valence-corrected chi connectivity index (χ1v) is 17.6. The Balaban J connectivity index is 1.17. The van der Waals surface area contributed by atoms with Crippen LogP contribution in [0, 0.1) is 0 Å². The van der Waals surface area contributed by atoms with Crippen LogP contribution in [0.2, 0.25) is 0 Å². The summed E-state index contributed by atoms with van der Waals surface area (Å²) >= 11 is 1.75. The molecular weight excluding hydrogens is 637 g/mol. The predicted molar refractivity (Wildman–Crippen MR) is 196 cm³/mol. The number of ether oxygens (including phenoxy) is 4. The molecule has 0 fully saturated rings. The van der Waals surface area contributed by atoms with E-state index in [1.807, 2.05) is 24.3 Å². The molecule has 0 aliphatic carbocycles. The number of unbranched alkanes of at least 4 members (excludes halogenated alkanes) is 6. The van der Waals surface area contributed by atoms with Crippen molar-refractivity contribution in [1.29, 1.82) is 0 Å². The summed E-state index contributed by atoms with van der Waals surface area (Å²) in [6, 6.07) is 28.5. The van der Waals surface area contributed by atoms with Gasteiger partial charge in [0.2, 0.25) is 0 Å². The first kappa shape index (κ1) is 36.9. The number of carbonyl (C=O) groups is 3. The number of rotatable bonds is 21. The highest BCUT2D eigenvalue weighted by Gasteiger charge is 2.09. The molecule has 4 aromatic rings. The average molecular weight is 681 g/mol. The van der Waals surface area contributed by atoms with Gasteiger partial charge in [0, 0.05) is 21.9 Å². The number of carbonyl (C=O) groups excluding carboxylic acids is 3. The van der Waals surface area contributed by atoms with Crippen molar-refractivity contribution in [1.82, 2.24) is 0 Å². The van der Waals surface area contributed by atoms with Crippen LogP contribution in [0.15, 0.2) is 110 Å². The van der Waals surface area contributed by atoms with Crippen molar-refractivity contribution in [2.75, 3.05) is 26.4 Å². The van der Waals surface area contributed by atoms with Crippen molar-refractivity contribution in [3.63, 3.8) is 0 Å². The molecule has 0 amide bonds. The fraction of sp³-hybridized carbons (Fsp3) is 0.293. The smallest absolute Gasteiger partial charge is 0.338 e. The van der Waals surface area contributed by atoms with Crippen molar-refractivity contribution in [3.8, 4) is 37.8 Å². The standard InChI is InChI=1S/C41H44O7S/c1-3-39(42)46-28-10-6-5-9-27-45-36-23-21-34(22-24-36)38-26-25-37(49-38)33-17-13-31(14-18-33)32-15-19-35(20-16-32)41(44)48-30-12-8-7-11-29-47-40(43)4-2/h3-4,13-26H,1-2,5-12,27-30H2. The third-order valence-electron chi connectivity index (χ3n) is 7.77. The molecule has 0 atom stereocenters. The van der Waals surface area contributed by atoms with E-state index < -0.39 is 5.97 Å². The third-order valence-corrected chi connectivity index (χ3v) is 8.95. The predicted octanol–water partition coefficient (Wildman–Crippen LogP) is 9.86. The second kappa shape index (κ2) is 20.4. The monoisotopic (exact) mass is 680 g/mol. The van der Waals surface area contributed by atoms with Crippen LogP contribution < -0.4 is 4.74 Å². The van der Waals surface area contributed by atoms with E-state index in [9.17, 15) is 14.4 Å². The maximum Gasteiger partial charge on any atom is 0.338 e. The van der Waals surface area contributed by atoms with Crippen molar-refractivity contribution in [2.24, 2.45) is 0 Å². The molecule has 0 N–H and O–H groups in total. The highest BCUT2D eigenvalue weighted by Crippen LogP contribution is 2.36. The van der Waals surface area contributed by atoms with Crippen LogP contribution in [-0.2, 0) is 23.8 Å². The van der Waals surface area contributed by atoms with E-state index in [-0.39, 0.29) is 11.9 Å². The lowest BCUT2D eigenvalue weighted by Gasteiger charge is -2.07. The molecule has 1 heterocycles. The van der Waals surface area contributed by atoms with Gasteiger partial charge in [-0.1, -0.05) is 49.6 Å². The molecule has 0 saturated heterocycles. The maximum atomic E-state index is 12.5. The zero-order valence-corrected chi connectivity index (χ0v) is 28.7. The van der Waals surface area contributed by atoms with Gasteiger partial charge in [-0.15, -0.1) is 11.3 Å². The van der Waals surface area contributed by atoms with Gasteiger partial charge in [-0.2, -0.15) is 0 Å². The van der Waals surface area contributed by atoms with Gasteiger partial charge in [-0.25, -0.2) is 14.4 Å². The molecule has 8 heteroatoms. The van der Waals surface area contributed by atoms with Crippen LogP contribution in [-0.4, -0.2) is 44.3 Å². The topological polar surface area (TPSA) is 88.1 Å². The quantitative estimate of drug-likeness (QED) is 0.0375. The van der Waals surface area contributed by atoms with Crippen molar-refractivity contribution in [2.45, 2.75) is 51.4 Å². The third kappa shape index (κ3) is 12.5. The Labute approximate surface area is 293 Å². The van der Waals surface area contributed by atoms with Gasteiger partial charge >= 0.3 is 17.9 Å². The molecule has 256 valence electrons. The van der Waals surface area contributed by atoms with E-state index in [0.29, 0.717) is 32.0 Å². The van der Waals surface area contributed by atoms with Gasteiger partial charge in [-0.05, 0) is 122 Å². The SMILES string of the molecule is C=CC(=O)OCCCCCCOC(=O)c1ccc(-c2ccc(-c3ccc(-c4ccc(OCCCCCCOC(=O)C=C)cc4)s3)cc2)cc1. The van der Waals surface area contributed by atoms with Gasteiger partial charge in [0.25, 0.3) is 0 Å². The van der Waals surface area contributed by atoms with Crippen LogP contribution in [0.3, 0.4) is 0 Å². The molecule has 0 saturated carbocycles. The molecule has 49 heavy (non-hydrogen) atoms. The van der Waals surface area contributed by atoms with Crippen LogP contribution in [0.5, 0.6) is 5.75 Å². The fourth-order valence-corrected chi connectivity index (χ4v) is 6.02. The van der Waals surface area contributed by atoms with Crippen molar-refractivity contribution in [3.05, 3.63) is 116 Å². The molecule has 4 rings (SSSR count). The van der Waals surface area contributed by atoms with Gasteiger partial charge in [0.1, 0.15) is 5.75 Å². The van der Waals surface area contributed by atoms with Crippen molar-refractivity contribution >= 4 is 29.2 Å². The molecule has 0 radical (unpaired) electrons. The lowest BCUT2D eigenvalue weighted by molar-refractivity contribution is -0.138. The van der Waals surface area contributed by atoms with E-state index in [0.717, 1.165) is 85.4 Å². The first-order chi connectivity index (χ1) is 24.0. The van der Waals surface area contributed by atoms with Crippen LogP contribution in [0.25, 0.3) is 32.0 Å². The Bertz CT molecular complexity index is 1640. The molecule has 0 unspecified atom stereocenters. The van der Waals surface area contributed by atoms with Gasteiger partial charge < -0.3 is 18.9 Å². The Morgan fingerprint density at radius 3 is 1.39 bits per heavy atom. The molecule has 0 bridgehead atoms. The minimum absolute atomic E-state index is 0.327. The van der Waals surface area contributed by atoms with Crippen molar-refractivity contribution < 1.29 is 33.3 Å². The van der Waals surface area contributed by atoms with E-state index in [2.05, 4.69) is 61.7 Å². The number of esters is 3. The lowest BCUT2D eigenvalue weighted by atomic mass is 10.0. The summed E-state index contributed by atoms with van der Waals surface area (Å²) in [5.41, 5.74) is 4.93. The van der Waals surface area contributed by atoms with E-state index in [1.54, 1.807) is 23.5 Å². The number of hydrogen-bond donors (Lipinski definition) is 0. The summed E-state index contributed by atoms with van der Waals surface area (Å²) in [7, 11) is 0. The van der Waals surface area contributed by atoms with Crippen LogP contribution in [0.1, 0.15) is 61.7 Å². The second-order valence-electron chi connectivity index (χ2n) is 11.4. The summed E-state index contributed by atoms with van der Waals surface area (Å²) in [5, 5.41) is 0. The Morgan fingerprint density at radius 1 is 0.490 bits per heavy atom. The van der Waals surface area contributed by atoms with E-state index >= 15 is 0 Å². The summed E-state index contributed by atoms with van der Waals surface area (Å²) in [4.78, 5) is 36.9. The van der Waals surface area contributed by atoms with Gasteiger partial charge in [0.15, 0.2) is 0 Å². The normalized spacial score (nSPS) is 10.6. The molecule has 0 spiro atoms. The first-order valence-electron chi connectivity index (χ1n) is 16.8. The highest BCUT2D eigenvalue weighted by molar-refractivity contribution is 7.18. The second-order valence-corrected chi connectivity index (χ2v) is 12.5. The fourth-order valence-electron chi connectivity index (χ4n) is 5.01. The average Bonchev–Trinajstić information content (AvgIpc) is 3.64. The van der Waals surface area contributed by atoms with Gasteiger partial charge in [0.05, 0.1) is 32.0 Å². The maximum absolute atomic E-state index is 12.5.